The Labute approximate surface area is 172 Å². The van der Waals surface area contributed by atoms with Crippen LogP contribution < -0.4 is 10.4 Å². The Morgan fingerprint density at radius 2 is 1.50 bits per heavy atom. The van der Waals surface area contributed by atoms with Crippen molar-refractivity contribution in [2.75, 3.05) is 10.4 Å². The molecule has 2 N–H and O–H groups in total. The summed E-state index contributed by atoms with van der Waals surface area (Å²) in [5.74, 6) is -3.25. The minimum atomic E-state index is -1.39. The number of nitrogens with one attached hydrogen (secondary N) is 1. The molecule has 6 nitrogen and oxygen atoms in total. The van der Waals surface area contributed by atoms with Crippen LogP contribution in [0.4, 0.5) is 15.8 Å². The van der Waals surface area contributed by atoms with Crippen molar-refractivity contribution in [3.63, 3.8) is 0 Å². The van der Waals surface area contributed by atoms with Gasteiger partial charge in [-0.2, -0.15) is 0 Å². The smallest absolute Gasteiger partial charge is 0.336 e. The second kappa shape index (κ2) is 8.34. The molecule has 0 radical (unpaired) electrons. The quantitative estimate of drug-likeness (QED) is 0.669. The maximum atomic E-state index is 13.2. The number of hydrogen-bond donors (Lipinski definition) is 2. The number of anilines is 2. The number of carboxylic acid groups (broad SMARTS) is 1. The fourth-order valence-corrected chi connectivity index (χ4v) is 3.59. The van der Waals surface area contributed by atoms with Gasteiger partial charge in [0.1, 0.15) is 11.7 Å². The highest BCUT2D eigenvalue weighted by Gasteiger charge is 2.52. The molecule has 152 valence electrons. The Morgan fingerprint density at radius 1 is 0.900 bits per heavy atom. The summed E-state index contributed by atoms with van der Waals surface area (Å²) in [4.78, 5) is 31.0. The van der Waals surface area contributed by atoms with Gasteiger partial charge in [-0.3, -0.25) is 9.63 Å². The Balaban J connectivity index is 1.74. The van der Waals surface area contributed by atoms with E-state index in [1.165, 1.54) is 29.3 Å². The standard InChI is InChI=1S/C23H19FN2O4/c24-16-11-13-17(14-12-16)25-22(27)19-20(15-7-3-1-4-8-15)26(30-21(19)23(28)29)18-9-5-2-6-10-18/h1-14,19-21H,(H,25,27)(H,28,29). The lowest BCUT2D eigenvalue weighted by Gasteiger charge is -2.27. The lowest BCUT2D eigenvalue weighted by molar-refractivity contribution is -0.151. The number of amides is 1. The molecule has 0 aliphatic carbocycles. The summed E-state index contributed by atoms with van der Waals surface area (Å²) in [5, 5.41) is 14.0. The van der Waals surface area contributed by atoms with Crippen molar-refractivity contribution in [2.45, 2.75) is 12.1 Å². The van der Waals surface area contributed by atoms with Gasteiger partial charge in [-0.1, -0.05) is 48.5 Å². The number of carbonyl (C=O) groups is 2. The van der Waals surface area contributed by atoms with E-state index in [0.717, 1.165) is 5.56 Å². The van der Waals surface area contributed by atoms with E-state index >= 15 is 0 Å². The Morgan fingerprint density at radius 3 is 2.10 bits per heavy atom. The third kappa shape index (κ3) is 3.88. The summed E-state index contributed by atoms with van der Waals surface area (Å²) in [6.45, 7) is 0. The second-order valence-corrected chi connectivity index (χ2v) is 6.90. The number of para-hydroxylation sites is 1. The molecule has 3 aromatic carbocycles. The van der Waals surface area contributed by atoms with Crippen LogP contribution in [0.25, 0.3) is 0 Å². The molecule has 7 heteroatoms. The first-order valence-corrected chi connectivity index (χ1v) is 9.40. The van der Waals surface area contributed by atoms with Gasteiger partial charge in [0.2, 0.25) is 5.91 Å². The summed E-state index contributed by atoms with van der Waals surface area (Å²) in [7, 11) is 0. The molecule has 1 heterocycles. The molecule has 1 saturated heterocycles. The highest BCUT2D eigenvalue weighted by Crippen LogP contribution is 2.43. The zero-order chi connectivity index (χ0) is 21.1. The van der Waals surface area contributed by atoms with E-state index in [4.69, 9.17) is 4.84 Å². The Hall–Kier alpha value is -3.71. The van der Waals surface area contributed by atoms with Gasteiger partial charge in [-0.05, 0) is 42.0 Å². The number of carboxylic acids is 1. The molecular weight excluding hydrogens is 387 g/mol. The number of rotatable bonds is 5. The van der Waals surface area contributed by atoms with Crippen LogP contribution in [-0.4, -0.2) is 23.1 Å². The van der Waals surface area contributed by atoms with Gasteiger partial charge in [0.05, 0.1) is 11.7 Å². The number of halogens is 1. The van der Waals surface area contributed by atoms with Gasteiger partial charge in [0.15, 0.2) is 6.10 Å². The zero-order valence-electron chi connectivity index (χ0n) is 15.8. The number of hydroxylamine groups is 1. The monoisotopic (exact) mass is 406 g/mol. The molecule has 3 atom stereocenters. The number of benzene rings is 3. The van der Waals surface area contributed by atoms with Crippen molar-refractivity contribution < 1.29 is 23.9 Å². The maximum absolute atomic E-state index is 13.2. The van der Waals surface area contributed by atoms with Crippen LogP contribution in [0.3, 0.4) is 0 Å². The first kappa shape index (κ1) is 19.6. The minimum Gasteiger partial charge on any atom is -0.479 e. The molecule has 0 saturated carbocycles. The summed E-state index contributed by atoms with van der Waals surface area (Å²) in [5.41, 5.74) is 1.74. The third-order valence-corrected chi connectivity index (χ3v) is 4.96. The minimum absolute atomic E-state index is 0.371. The molecule has 1 amide bonds. The van der Waals surface area contributed by atoms with Crippen molar-refractivity contribution in [3.05, 3.63) is 96.3 Å². The summed E-state index contributed by atoms with van der Waals surface area (Å²) in [6, 6.07) is 22.8. The van der Waals surface area contributed by atoms with E-state index in [2.05, 4.69) is 5.32 Å². The largest absolute Gasteiger partial charge is 0.479 e. The van der Waals surface area contributed by atoms with Gasteiger partial charge in [-0.15, -0.1) is 0 Å². The molecule has 4 rings (SSSR count). The topological polar surface area (TPSA) is 78.9 Å². The van der Waals surface area contributed by atoms with Crippen LogP contribution in [0.2, 0.25) is 0 Å². The van der Waals surface area contributed by atoms with Gasteiger partial charge < -0.3 is 10.4 Å². The first-order valence-electron chi connectivity index (χ1n) is 9.40. The van der Waals surface area contributed by atoms with E-state index in [1.807, 2.05) is 48.5 Å². The van der Waals surface area contributed by atoms with Crippen molar-refractivity contribution in [1.82, 2.24) is 0 Å². The predicted molar refractivity (Wildman–Crippen MR) is 109 cm³/mol. The molecule has 0 aromatic heterocycles. The average Bonchev–Trinajstić information content (AvgIpc) is 3.18. The number of hydrogen-bond acceptors (Lipinski definition) is 4. The molecule has 3 unspecified atom stereocenters. The molecule has 1 aliphatic rings. The summed E-state index contributed by atoms with van der Waals surface area (Å²) >= 11 is 0. The molecule has 3 aromatic rings. The molecule has 0 spiro atoms. The lowest BCUT2D eigenvalue weighted by atomic mass is 9.88. The van der Waals surface area contributed by atoms with Crippen molar-refractivity contribution >= 4 is 23.3 Å². The normalized spacial score (nSPS) is 20.7. The molecular formula is C23H19FN2O4. The Bertz CT molecular complexity index is 1030. The van der Waals surface area contributed by atoms with Crippen LogP contribution in [0.15, 0.2) is 84.9 Å². The number of aliphatic carboxylic acids is 1. The fourth-order valence-electron chi connectivity index (χ4n) is 3.59. The highest BCUT2D eigenvalue weighted by molar-refractivity contribution is 5.97. The third-order valence-electron chi connectivity index (χ3n) is 4.96. The zero-order valence-corrected chi connectivity index (χ0v) is 15.8. The molecule has 1 fully saturated rings. The first-order chi connectivity index (χ1) is 14.5. The van der Waals surface area contributed by atoms with E-state index in [9.17, 15) is 19.1 Å². The van der Waals surface area contributed by atoms with E-state index in [-0.39, 0.29) is 0 Å². The van der Waals surface area contributed by atoms with Crippen molar-refractivity contribution in [2.24, 2.45) is 5.92 Å². The predicted octanol–water partition coefficient (Wildman–Crippen LogP) is 4.03. The average molecular weight is 406 g/mol. The second-order valence-electron chi connectivity index (χ2n) is 6.90. The van der Waals surface area contributed by atoms with E-state index < -0.39 is 35.8 Å². The molecule has 1 aliphatic heterocycles. The van der Waals surface area contributed by atoms with Crippen molar-refractivity contribution in [1.29, 1.82) is 0 Å². The number of carbonyl (C=O) groups excluding carboxylic acids is 1. The van der Waals surface area contributed by atoms with Gasteiger partial charge >= 0.3 is 5.97 Å². The van der Waals surface area contributed by atoms with E-state index in [0.29, 0.717) is 11.4 Å². The van der Waals surface area contributed by atoms with Gasteiger partial charge in [0, 0.05) is 5.69 Å². The van der Waals surface area contributed by atoms with Crippen LogP contribution in [0.5, 0.6) is 0 Å². The van der Waals surface area contributed by atoms with Gasteiger partial charge in [0.25, 0.3) is 0 Å². The summed E-state index contributed by atoms with van der Waals surface area (Å²) < 4.78 is 13.2. The number of nitrogens with zero attached hydrogens (tertiary/aromatic N) is 1. The van der Waals surface area contributed by atoms with Crippen LogP contribution >= 0.6 is 0 Å². The van der Waals surface area contributed by atoms with Crippen molar-refractivity contribution in [3.8, 4) is 0 Å². The highest BCUT2D eigenvalue weighted by atomic mass is 19.1. The van der Waals surface area contributed by atoms with Crippen LogP contribution in [0.1, 0.15) is 11.6 Å². The lowest BCUT2D eigenvalue weighted by Crippen LogP contribution is -2.37. The van der Waals surface area contributed by atoms with Crippen LogP contribution in [0, 0.1) is 11.7 Å². The van der Waals surface area contributed by atoms with E-state index in [1.54, 1.807) is 12.1 Å². The summed E-state index contributed by atoms with van der Waals surface area (Å²) in [6.07, 6.45) is -1.39. The van der Waals surface area contributed by atoms with Crippen LogP contribution in [-0.2, 0) is 14.4 Å². The molecule has 0 bridgehead atoms. The SMILES string of the molecule is O=C(O)C1ON(c2ccccc2)C(c2ccccc2)C1C(=O)Nc1ccc(F)cc1. The Kier molecular flexibility index (Phi) is 5.45. The maximum Gasteiger partial charge on any atom is 0.336 e. The van der Waals surface area contributed by atoms with Gasteiger partial charge in [-0.25, -0.2) is 14.2 Å². The fraction of sp³-hybridized carbons (Fsp3) is 0.130. The molecule has 30 heavy (non-hydrogen) atoms.